The van der Waals surface area contributed by atoms with Crippen LogP contribution in [0.3, 0.4) is 0 Å². The molecule has 3 aromatic rings. The van der Waals surface area contributed by atoms with Crippen molar-refractivity contribution < 1.29 is 19.4 Å². The molecule has 25 heavy (non-hydrogen) atoms. The number of ether oxygens (including phenoxy) is 2. The summed E-state index contributed by atoms with van der Waals surface area (Å²) in [5.41, 5.74) is 2.53. The normalized spacial score (nSPS) is 11.0. The van der Waals surface area contributed by atoms with Gasteiger partial charge in [-0.25, -0.2) is 14.8 Å². The van der Waals surface area contributed by atoms with Crippen molar-refractivity contribution in [3.05, 3.63) is 41.6 Å². The van der Waals surface area contributed by atoms with E-state index in [1.165, 1.54) is 0 Å². The topological polar surface area (TPSA) is 97.3 Å². The van der Waals surface area contributed by atoms with Crippen molar-refractivity contribution >= 4 is 17.0 Å². The number of benzene rings is 1. The molecule has 0 spiro atoms. The number of aromatic nitrogens is 3. The molecule has 0 atom stereocenters. The quantitative estimate of drug-likeness (QED) is 0.641. The van der Waals surface area contributed by atoms with E-state index in [0.29, 0.717) is 42.5 Å². The Bertz CT molecular complexity index is 871. The summed E-state index contributed by atoms with van der Waals surface area (Å²) < 4.78 is 10.7. The van der Waals surface area contributed by atoms with Crippen LogP contribution < -0.4 is 4.74 Å². The zero-order valence-corrected chi connectivity index (χ0v) is 14.1. The molecule has 2 N–H and O–H groups in total. The number of hydrogen-bond acceptors (Lipinski definition) is 5. The Morgan fingerprint density at radius 1 is 1.24 bits per heavy atom. The number of nitrogens with one attached hydrogen (secondary N) is 1. The van der Waals surface area contributed by atoms with Gasteiger partial charge in [0.15, 0.2) is 11.5 Å². The molecule has 0 aliphatic carbocycles. The van der Waals surface area contributed by atoms with Crippen molar-refractivity contribution in [3.8, 4) is 17.3 Å². The van der Waals surface area contributed by atoms with Gasteiger partial charge in [-0.15, -0.1) is 0 Å². The van der Waals surface area contributed by atoms with Crippen molar-refractivity contribution in [3.63, 3.8) is 0 Å². The first kappa shape index (κ1) is 16.9. The molecule has 7 nitrogen and oxygen atoms in total. The number of nitrogens with zero attached hydrogens (tertiary/aromatic N) is 2. The van der Waals surface area contributed by atoms with Gasteiger partial charge in [0.2, 0.25) is 0 Å². The average Bonchev–Trinajstić information content (AvgIpc) is 3.03. The van der Waals surface area contributed by atoms with Crippen LogP contribution in [0.25, 0.3) is 22.6 Å². The molecule has 0 saturated carbocycles. The van der Waals surface area contributed by atoms with E-state index in [-0.39, 0.29) is 5.69 Å². The molecule has 0 fully saturated rings. The minimum absolute atomic E-state index is 0.0419. The van der Waals surface area contributed by atoms with Gasteiger partial charge in [0, 0.05) is 31.8 Å². The van der Waals surface area contributed by atoms with E-state index in [4.69, 9.17) is 9.47 Å². The molecule has 0 radical (unpaired) electrons. The smallest absolute Gasteiger partial charge is 0.354 e. The number of pyridine rings is 1. The van der Waals surface area contributed by atoms with E-state index in [9.17, 15) is 9.90 Å². The van der Waals surface area contributed by atoms with Gasteiger partial charge >= 0.3 is 5.97 Å². The monoisotopic (exact) mass is 341 g/mol. The van der Waals surface area contributed by atoms with Crippen LogP contribution >= 0.6 is 0 Å². The van der Waals surface area contributed by atoms with Crippen molar-refractivity contribution in [2.75, 3.05) is 20.3 Å². The molecule has 0 saturated heterocycles. The maximum absolute atomic E-state index is 11.5. The predicted octanol–water partition coefficient (Wildman–Crippen LogP) is 3.05. The Hall–Kier alpha value is -2.93. The third-order valence-electron chi connectivity index (χ3n) is 3.81. The number of carboxylic acids is 1. The molecule has 1 aromatic carbocycles. The number of methoxy groups -OCH3 is 1. The third-order valence-corrected chi connectivity index (χ3v) is 3.81. The summed E-state index contributed by atoms with van der Waals surface area (Å²) in [6, 6.07) is 9.29. The number of carboxylic acid groups (broad SMARTS) is 1. The lowest BCUT2D eigenvalue weighted by molar-refractivity contribution is 0.0689. The van der Waals surface area contributed by atoms with Gasteiger partial charge in [-0.1, -0.05) is 12.1 Å². The highest BCUT2D eigenvalue weighted by atomic mass is 16.5. The lowest BCUT2D eigenvalue weighted by Gasteiger charge is -2.12. The Morgan fingerprint density at radius 3 is 2.76 bits per heavy atom. The first-order valence-corrected chi connectivity index (χ1v) is 7.92. The number of aromatic carboxylic acids is 1. The zero-order chi connectivity index (χ0) is 17.8. The fourth-order valence-corrected chi connectivity index (χ4v) is 2.52. The lowest BCUT2D eigenvalue weighted by atomic mass is 10.1. The summed E-state index contributed by atoms with van der Waals surface area (Å²) in [6.45, 7) is 2.69. The Kier molecular flexibility index (Phi) is 4.95. The van der Waals surface area contributed by atoms with Gasteiger partial charge in [0.05, 0.1) is 17.6 Å². The number of fused-ring (bicyclic) bond motifs is 1. The Morgan fingerprint density at radius 2 is 2.04 bits per heavy atom. The second kappa shape index (κ2) is 7.31. The summed E-state index contributed by atoms with van der Waals surface area (Å²) >= 11 is 0. The van der Waals surface area contributed by atoms with Crippen molar-refractivity contribution in [1.82, 2.24) is 15.0 Å². The van der Waals surface area contributed by atoms with Crippen LogP contribution in [-0.2, 0) is 4.74 Å². The molecule has 2 heterocycles. The molecule has 2 aromatic heterocycles. The van der Waals surface area contributed by atoms with E-state index in [1.807, 2.05) is 24.3 Å². The number of hydrogen-bond donors (Lipinski definition) is 2. The summed E-state index contributed by atoms with van der Waals surface area (Å²) in [6.07, 6.45) is 0.709. The molecular formula is C18H19N3O4. The molecule has 0 amide bonds. The Balaban J connectivity index is 2.00. The van der Waals surface area contributed by atoms with Gasteiger partial charge in [-0.3, -0.25) is 0 Å². The molecule has 7 heteroatoms. The maximum atomic E-state index is 11.5. The van der Waals surface area contributed by atoms with Crippen LogP contribution in [0, 0.1) is 6.92 Å². The van der Waals surface area contributed by atoms with Crippen LogP contribution in [-0.4, -0.2) is 46.4 Å². The van der Waals surface area contributed by atoms with Gasteiger partial charge in [0.1, 0.15) is 11.4 Å². The van der Waals surface area contributed by atoms with Crippen LogP contribution in [0.2, 0.25) is 0 Å². The molecule has 0 aliphatic rings. The number of rotatable bonds is 7. The summed E-state index contributed by atoms with van der Waals surface area (Å²) in [5, 5.41) is 9.44. The van der Waals surface area contributed by atoms with Crippen LogP contribution in [0.4, 0.5) is 0 Å². The molecule has 0 aliphatic heterocycles. The largest absolute Gasteiger partial charge is 0.493 e. The van der Waals surface area contributed by atoms with E-state index in [2.05, 4.69) is 15.0 Å². The number of para-hydroxylation sites is 2. The fourth-order valence-electron chi connectivity index (χ4n) is 2.52. The molecular weight excluding hydrogens is 322 g/mol. The highest BCUT2D eigenvalue weighted by molar-refractivity contribution is 5.89. The van der Waals surface area contributed by atoms with Crippen LogP contribution in [0.5, 0.6) is 5.75 Å². The fraction of sp³-hybridized carbons (Fsp3) is 0.278. The maximum Gasteiger partial charge on any atom is 0.354 e. The minimum atomic E-state index is -1.10. The summed E-state index contributed by atoms with van der Waals surface area (Å²) in [7, 11) is 1.62. The van der Waals surface area contributed by atoms with E-state index >= 15 is 0 Å². The SMILES string of the molecule is COCCCOc1cc(-c2nc3ccccc3[nH]2)nc(C(=O)O)c1C. The van der Waals surface area contributed by atoms with Gasteiger partial charge in [0.25, 0.3) is 0 Å². The van der Waals surface area contributed by atoms with E-state index in [0.717, 1.165) is 11.0 Å². The predicted molar refractivity (Wildman–Crippen MR) is 93.0 cm³/mol. The number of imidazole rings is 1. The first-order chi connectivity index (χ1) is 12.1. The lowest BCUT2D eigenvalue weighted by Crippen LogP contribution is -2.09. The molecule has 130 valence electrons. The van der Waals surface area contributed by atoms with Crippen LogP contribution in [0.1, 0.15) is 22.5 Å². The number of aromatic amines is 1. The van der Waals surface area contributed by atoms with Gasteiger partial charge in [-0.2, -0.15) is 0 Å². The standard InChI is InChI=1S/C18H19N3O4/c1-11-15(25-9-5-8-24-2)10-14(19-16(11)18(22)23)17-20-12-6-3-4-7-13(12)21-17/h3-4,6-7,10H,5,8-9H2,1-2H3,(H,20,21)(H,22,23). The zero-order valence-electron chi connectivity index (χ0n) is 14.1. The van der Waals surface area contributed by atoms with Gasteiger partial charge in [-0.05, 0) is 19.1 Å². The number of H-pyrrole nitrogens is 1. The number of carbonyl (C=O) groups is 1. The highest BCUT2D eigenvalue weighted by Crippen LogP contribution is 2.27. The Labute approximate surface area is 144 Å². The molecule has 0 unspecified atom stereocenters. The molecule has 3 rings (SSSR count). The molecule has 0 bridgehead atoms. The van der Waals surface area contributed by atoms with E-state index in [1.54, 1.807) is 20.1 Å². The second-order valence-corrected chi connectivity index (χ2v) is 5.58. The summed E-state index contributed by atoms with van der Waals surface area (Å²) in [5.74, 6) is -0.110. The second-order valence-electron chi connectivity index (χ2n) is 5.58. The highest BCUT2D eigenvalue weighted by Gasteiger charge is 2.18. The van der Waals surface area contributed by atoms with Crippen molar-refractivity contribution in [2.45, 2.75) is 13.3 Å². The van der Waals surface area contributed by atoms with Crippen LogP contribution in [0.15, 0.2) is 30.3 Å². The van der Waals surface area contributed by atoms with E-state index < -0.39 is 5.97 Å². The van der Waals surface area contributed by atoms with Gasteiger partial charge < -0.3 is 19.6 Å². The first-order valence-electron chi connectivity index (χ1n) is 7.92. The minimum Gasteiger partial charge on any atom is -0.493 e. The summed E-state index contributed by atoms with van der Waals surface area (Å²) in [4.78, 5) is 23.4. The third kappa shape index (κ3) is 3.61. The average molecular weight is 341 g/mol. The van der Waals surface area contributed by atoms with Crippen molar-refractivity contribution in [1.29, 1.82) is 0 Å². The van der Waals surface area contributed by atoms with Crippen molar-refractivity contribution in [2.24, 2.45) is 0 Å².